The van der Waals surface area contributed by atoms with Gasteiger partial charge < -0.3 is 9.30 Å². The van der Waals surface area contributed by atoms with Crippen LogP contribution in [-0.2, 0) is 11.3 Å². The molecule has 0 aromatic carbocycles. The van der Waals surface area contributed by atoms with Crippen molar-refractivity contribution in [2.24, 2.45) is 0 Å². The molecular formula is C15H16N2O3. The number of carbonyl (C=O) groups is 2. The fourth-order valence-electron chi connectivity index (χ4n) is 2.07. The van der Waals surface area contributed by atoms with Crippen LogP contribution in [0.4, 0.5) is 0 Å². The molecular weight excluding hydrogens is 256 g/mol. The number of pyridine rings is 1. The molecule has 0 N–H and O–H groups in total. The highest BCUT2D eigenvalue weighted by Crippen LogP contribution is 2.17. The number of ether oxygens (including phenoxy) is 1. The van der Waals surface area contributed by atoms with Crippen LogP contribution in [0.5, 0.6) is 0 Å². The SMILES string of the molecule is CCOC(=O)c1cc(C=O)n(Cc2cccnc2)c1C. The topological polar surface area (TPSA) is 61.2 Å². The summed E-state index contributed by atoms with van der Waals surface area (Å²) in [7, 11) is 0. The van der Waals surface area contributed by atoms with E-state index >= 15 is 0 Å². The summed E-state index contributed by atoms with van der Waals surface area (Å²) in [5, 5.41) is 0. The molecule has 0 amide bonds. The summed E-state index contributed by atoms with van der Waals surface area (Å²) in [6.07, 6.45) is 4.17. The van der Waals surface area contributed by atoms with E-state index in [1.165, 1.54) is 0 Å². The molecule has 2 heterocycles. The minimum absolute atomic E-state index is 0.308. The molecule has 0 fully saturated rings. The quantitative estimate of drug-likeness (QED) is 0.618. The van der Waals surface area contributed by atoms with E-state index in [4.69, 9.17) is 4.74 Å². The molecule has 0 aliphatic carbocycles. The first kappa shape index (κ1) is 14.0. The van der Waals surface area contributed by atoms with Crippen molar-refractivity contribution in [1.82, 2.24) is 9.55 Å². The lowest BCUT2D eigenvalue weighted by atomic mass is 10.2. The lowest BCUT2D eigenvalue weighted by Crippen LogP contribution is -2.09. The molecule has 5 heteroatoms. The Bertz CT molecular complexity index is 618. The van der Waals surface area contributed by atoms with Gasteiger partial charge in [0.05, 0.1) is 17.9 Å². The molecule has 0 unspecified atom stereocenters. The first-order valence-electron chi connectivity index (χ1n) is 6.38. The molecule has 0 spiro atoms. The van der Waals surface area contributed by atoms with Gasteiger partial charge in [-0.3, -0.25) is 9.78 Å². The Morgan fingerprint density at radius 2 is 2.30 bits per heavy atom. The highest BCUT2D eigenvalue weighted by Gasteiger charge is 2.18. The Morgan fingerprint density at radius 3 is 2.90 bits per heavy atom. The molecule has 0 aliphatic heterocycles. The molecule has 2 rings (SSSR count). The Balaban J connectivity index is 2.37. The molecule has 0 aliphatic rings. The molecule has 0 saturated carbocycles. The molecule has 2 aromatic rings. The van der Waals surface area contributed by atoms with E-state index in [-0.39, 0.29) is 0 Å². The van der Waals surface area contributed by atoms with E-state index in [0.717, 1.165) is 17.5 Å². The minimum atomic E-state index is -0.405. The second kappa shape index (κ2) is 6.14. The van der Waals surface area contributed by atoms with Crippen molar-refractivity contribution in [3.63, 3.8) is 0 Å². The van der Waals surface area contributed by atoms with Gasteiger partial charge in [0.2, 0.25) is 0 Å². The third-order valence-electron chi connectivity index (χ3n) is 3.08. The van der Waals surface area contributed by atoms with Crippen LogP contribution in [0.2, 0.25) is 0 Å². The Morgan fingerprint density at radius 1 is 1.50 bits per heavy atom. The van der Waals surface area contributed by atoms with E-state index in [1.807, 2.05) is 12.1 Å². The van der Waals surface area contributed by atoms with Gasteiger partial charge in [0.15, 0.2) is 6.29 Å². The molecule has 20 heavy (non-hydrogen) atoms. The van der Waals surface area contributed by atoms with Crippen LogP contribution in [0.3, 0.4) is 0 Å². The van der Waals surface area contributed by atoms with Crippen LogP contribution < -0.4 is 0 Å². The molecule has 0 radical (unpaired) electrons. The normalized spacial score (nSPS) is 10.3. The van der Waals surface area contributed by atoms with Crippen LogP contribution in [0, 0.1) is 6.92 Å². The summed E-state index contributed by atoms with van der Waals surface area (Å²) in [6.45, 7) is 4.35. The predicted octanol–water partition coefficient (Wildman–Crippen LogP) is 2.23. The first-order valence-corrected chi connectivity index (χ1v) is 6.38. The van der Waals surface area contributed by atoms with Crippen molar-refractivity contribution in [3.05, 3.63) is 53.1 Å². The fourth-order valence-corrected chi connectivity index (χ4v) is 2.07. The molecule has 104 valence electrons. The third-order valence-corrected chi connectivity index (χ3v) is 3.08. The maximum Gasteiger partial charge on any atom is 0.339 e. The summed E-state index contributed by atoms with van der Waals surface area (Å²) in [4.78, 5) is 27.1. The smallest absolute Gasteiger partial charge is 0.339 e. The van der Waals surface area contributed by atoms with Gasteiger partial charge in [-0.1, -0.05) is 6.07 Å². The predicted molar refractivity (Wildman–Crippen MR) is 73.9 cm³/mol. The second-order valence-corrected chi connectivity index (χ2v) is 4.35. The van der Waals surface area contributed by atoms with Crippen LogP contribution in [0.25, 0.3) is 0 Å². The summed E-state index contributed by atoms with van der Waals surface area (Å²) in [5.74, 6) is -0.405. The van der Waals surface area contributed by atoms with E-state index < -0.39 is 5.97 Å². The van der Waals surface area contributed by atoms with Gasteiger partial charge in [0.1, 0.15) is 0 Å². The van der Waals surface area contributed by atoms with E-state index in [1.54, 1.807) is 36.9 Å². The maximum absolute atomic E-state index is 11.8. The number of aldehydes is 1. The minimum Gasteiger partial charge on any atom is -0.462 e. The highest BCUT2D eigenvalue weighted by atomic mass is 16.5. The van der Waals surface area contributed by atoms with Gasteiger partial charge in [-0.25, -0.2) is 4.79 Å². The van der Waals surface area contributed by atoms with Crippen LogP contribution in [-0.4, -0.2) is 28.4 Å². The van der Waals surface area contributed by atoms with Gasteiger partial charge in [0.25, 0.3) is 0 Å². The Kier molecular flexibility index (Phi) is 4.30. The monoisotopic (exact) mass is 272 g/mol. The van der Waals surface area contributed by atoms with E-state index in [2.05, 4.69) is 4.98 Å². The maximum atomic E-state index is 11.8. The van der Waals surface area contributed by atoms with Crippen molar-refractivity contribution in [3.8, 4) is 0 Å². The lowest BCUT2D eigenvalue weighted by molar-refractivity contribution is 0.0525. The first-order chi connectivity index (χ1) is 9.67. The van der Waals surface area contributed by atoms with Crippen molar-refractivity contribution in [2.75, 3.05) is 6.61 Å². The standard InChI is InChI=1S/C15H16N2O3/c1-3-20-15(19)14-7-13(10-18)17(11(14)2)9-12-5-4-6-16-8-12/h4-8,10H,3,9H2,1-2H3. The van der Waals surface area contributed by atoms with Crippen LogP contribution >= 0.6 is 0 Å². The average Bonchev–Trinajstić information content (AvgIpc) is 2.77. The lowest BCUT2D eigenvalue weighted by Gasteiger charge is -2.09. The molecule has 0 bridgehead atoms. The summed E-state index contributed by atoms with van der Waals surface area (Å²) in [5.41, 5.74) is 2.56. The number of aromatic nitrogens is 2. The summed E-state index contributed by atoms with van der Waals surface area (Å²) >= 11 is 0. The highest BCUT2D eigenvalue weighted by molar-refractivity contribution is 5.93. The number of esters is 1. The molecule has 5 nitrogen and oxygen atoms in total. The second-order valence-electron chi connectivity index (χ2n) is 4.35. The number of rotatable bonds is 5. The Hall–Kier alpha value is -2.43. The van der Waals surface area contributed by atoms with Gasteiger partial charge >= 0.3 is 5.97 Å². The zero-order valence-corrected chi connectivity index (χ0v) is 11.5. The zero-order valence-electron chi connectivity index (χ0n) is 11.5. The van der Waals surface area contributed by atoms with Gasteiger partial charge in [-0.2, -0.15) is 0 Å². The Labute approximate surface area is 117 Å². The fraction of sp³-hybridized carbons (Fsp3) is 0.267. The van der Waals surface area contributed by atoms with Gasteiger partial charge in [-0.05, 0) is 31.5 Å². The summed E-state index contributed by atoms with van der Waals surface area (Å²) in [6, 6.07) is 5.32. The number of nitrogens with zero attached hydrogens (tertiary/aromatic N) is 2. The number of hydrogen-bond acceptors (Lipinski definition) is 4. The molecule has 0 atom stereocenters. The van der Waals surface area contributed by atoms with E-state index in [0.29, 0.717) is 24.4 Å². The van der Waals surface area contributed by atoms with Crippen molar-refractivity contribution in [1.29, 1.82) is 0 Å². The van der Waals surface area contributed by atoms with Gasteiger partial charge in [-0.15, -0.1) is 0 Å². The van der Waals surface area contributed by atoms with Gasteiger partial charge in [0, 0.05) is 24.6 Å². The molecule has 2 aromatic heterocycles. The van der Waals surface area contributed by atoms with Crippen LogP contribution in [0.15, 0.2) is 30.6 Å². The average molecular weight is 272 g/mol. The van der Waals surface area contributed by atoms with Crippen molar-refractivity contribution in [2.45, 2.75) is 20.4 Å². The number of carbonyl (C=O) groups excluding carboxylic acids is 2. The number of hydrogen-bond donors (Lipinski definition) is 0. The van der Waals surface area contributed by atoms with E-state index in [9.17, 15) is 9.59 Å². The third kappa shape index (κ3) is 2.77. The largest absolute Gasteiger partial charge is 0.462 e. The zero-order chi connectivity index (χ0) is 14.5. The van der Waals surface area contributed by atoms with Crippen molar-refractivity contribution >= 4 is 12.3 Å². The van der Waals surface area contributed by atoms with Crippen LogP contribution in [0.1, 0.15) is 39.0 Å². The molecule has 0 saturated heterocycles. The summed E-state index contributed by atoms with van der Waals surface area (Å²) < 4.78 is 6.78. The van der Waals surface area contributed by atoms with Crippen molar-refractivity contribution < 1.29 is 14.3 Å².